The van der Waals surface area contributed by atoms with Gasteiger partial charge < -0.3 is 14.7 Å². The third-order valence-electron chi connectivity index (χ3n) is 3.17. The predicted octanol–water partition coefficient (Wildman–Crippen LogP) is 1.18. The summed E-state index contributed by atoms with van der Waals surface area (Å²) in [5.74, 6) is 0.241. The number of aliphatic hydroxyl groups excluding tert-OH is 1. The number of nitrogens with zero attached hydrogens (tertiary/aromatic N) is 3. The van der Waals surface area contributed by atoms with Gasteiger partial charge in [-0.3, -0.25) is 14.8 Å². The first-order chi connectivity index (χ1) is 10.6. The largest absolute Gasteiger partial charge is 0.490 e. The number of carbonyl (C=O) groups is 1. The molecule has 6 nitrogen and oxygen atoms in total. The fourth-order valence-electron chi connectivity index (χ4n) is 1.95. The lowest BCUT2D eigenvalue weighted by Gasteiger charge is -2.20. The molecule has 2 rings (SSSR count). The number of aromatic nitrogens is 2. The molecule has 1 amide bonds. The number of ether oxygens (including phenoxy) is 1. The van der Waals surface area contributed by atoms with Crippen LogP contribution in [0, 0.1) is 6.92 Å². The molecule has 0 unspecified atom stereocenters. The molecule has 0 saturated carbocycles. The van der Waals surface area contributed by atoms with Crippen molar-refractivity contribution in [2.75, 3.05) is 13.7 Å². The minimum Gasteiger partial charge on any atom is -0.490 e. The molecule has 6 heteroatoms. The van der Waals surface area contributed by atoms with Crippen LogP contribution >= 0.6 is 0 Å². The van der Waals surface area contributed by atoms with Crippen LogP contribution in [0.4, 0.5) is 0 Å². The molecule has 0 spiro atoms. The molecule has 0 saturated heterocycles. The number of para-hydroxylation sites is 1. The van der Waals surface area contributed by atoms with E-state index in [4.69, 9.17) is 4.74 Å². The van der Waals surface area contributed by atoms with Crippen molar-refractivity contribution in [2.24, 2.45) is 0 Å². The summed E-state index contributed by atoms with van der Waals surface area (Å²) in [4.78, 5) is 21.5. The quantitative estimate of drug-likeness (QED) is 0.867. The Kier molecular flexibility index (Phi) is 5.43. The van der Waals surface area contributed by atoms with Crippen LogP contribution < -0.4 is 4.74 Å². The van der Waals surface area contributed by atoms with Crippen LogP contribution in [0.25, 0.3) is 0 Å². The minimum absolute atomic E-state index is 0.0888. The lowest BCUT2D eigenvalue weighted by atomic mass is 10.2. The smallest absolute Gasteiger partial charge is 0.255 e. The summed E-state index contributed by atoms with van der Waals surface area (Å²) < 4.78 is 5.49. The summed E-state index contributed by atoms with van der Waals surface area (Å²) >= 11 is 0. The van der Waals surface area contributed by atoms with E-state index in [0.717, 1.165) is 5.56 Å². The summed E-state index contributed by atoms with van der Waals surface area (Å²) in [5, 5.41) is 9.97. The van der Waals surface area contributed by atoms with Gasteiger partial charge in [0.2, 0.25) is 0 Å². The van der Waals surface area contributed by atoms with E-state index in [1.165, 1.54) is 4.90 Å². The van der Waals surface area contributed by atoms with Gasteiger partial charge in [0.25, 0.3) is 5.91 Å². The van der Waals surface area contributed by atoms with Crippen molar-refractivity contribution >= 4 is 5.91 Å². The summed E-state index contributed by atoms with van der Waals surface area (Å²) in [6.07, 6.45) is 3.49. The summed E-state index contributed by atoms with van der Waals surface area (Å²) in [5.41, 5.74) is 1.61. The highest BCUT2D eigenvalue weighted by Crippen LogP contribution is 2.16. The van der Waals surface area contributed by atoms with E-state index in [-0.39, 0.29) is 13.2 Å². The lowest BCUT2D eigenvalue weighted by molar-refractivity contribution is -0.140. The van der Waals surface area contributed by atoms with Crippen molar-refractivity contribution in [3.63, 3.8) is 0 Å². The van der Waals surface area contributed by atoms with Gasteiger partial charge in [-0.25, -0.2) is 0 Å². The fourth-order valence-corrected chi connectivity index (χ4v) is 1.95. The van der Waals surface area contributed by atoms with Gasteiger partial charge in [0.1, 0.15) is 12.4 Å². The van der Waals surface area contributed by atoms with Crippen LogP contribution in [0.3, 0.4) is 0 Å². The van der Waals surface area contributed by atoms with Crippen LogP contribution in [-0.4, -0.2) is 45.6 Å². The first-order valence-corrected chi connectivity index (χ1v) is 6.94. The molecule has 1 N–H and O–H groups in total. The molecule has 1 aromatic heterocycles. The summed E-state index contributed by atoms with van der Waals surface area (Å²) in [6, 6.07) is 7.45. The lowest BCUT2D eigenvalue weighted by Crippen LogP contribution is -2.39. The van der Waals surface area contributed by atoms with Gasteiger partial charge in [-0.2, -0.15) is 0 Å². The van der Waals surface area contributed by atoms with E-state index >= 15 is 0 Å². The molecule has 116 valence electrons. The van der Waals surface area contributed by atoms with Crippen molar-refractivity contribution in [2.45, 2.75) is 19.6 Å². The van der Waals surface area contributed by atoms with E-state index in [0.29, 0.717) is 11.4 Å². The highest BCUT2D eigenvalue weighted by Gasteiger charge is 2.20. The molecule has 0 fully saturated rings. The first-order valence-electron chi connectivity index (χ1n) is 6.94. The summed E-state index contributed by atoms with van der Waals surface area (Å²) in [7, 11) is 1.61. The topological polar surface area (TPSA) is 75.6 Å². The normalized spacial score (nSPS) is 11.8. The van der Waals surface area contributed by atoms with E-state index in [1.54, 1.807) is 31.7 Å². The zero-order valence-electron chi connectivity index (χ0n) is 12.6. The number of hydrogen-bond acceptors (Lipinski definition) is 5. The molecule has 22 heavy (non-hydrogen) atoms. The van der Waals surface area contributed by atoms with E-state index in [1.807, 2.05) is 25.1 Å². The van der Waals surface area contributed by atoms with Crippen LogP contribution in [0.5, 0.6) is 5.75 Å². The van der Waals surface area contributed by atoms with Gasteiger partial charge in [-0.15, -0.1) is 0 Å². The Bertz CT molecular complexity index is 619. The molecule has 0 bridgehead atoms. The number of carbonyl (C=O) groups excluding carboxylic acids is 1. The van der Waals surface area contributed by atoms with Gasteiger partial charge in [0, 0.05) is 19.4 Å². The monoisotopic (exact) mass is 301 g/mol. The minimum atomic E-state index is -1.22. The third-order valence-corrected chi connectivity index (χ3v) is 3.17. The number of benzene rings is 1. The molecule has 0 aliphatic carbocycles. The molecule has 1 atom stereocenters. The highest BCUT2D eigenvalue weighted by atomic mass is 16.5. The second-order valence-corrected chi connectivity index (χ2v) is 4.98. The molecule has 0 radical (unpaired) electrons. The SMILES string of the molecule is Cc1ccccc1OC[C@@H](O)C(=O)N(C)Cc1cnccn1. The number of hydrogen-bond donors (Lipinski definition) is 1. The van der Waals surface area contributed by atoms with Gasteiger partial charge in [-0.05, 0) is 18.6 Å². The molecule has 1 heterocycles. The second-order valence-electron chi connectivity index (χ2n) is 4.98. The van der Waals surface area contributed by atoms with Crippen molar-refractivity contribution in [3.05, 3.63) is 54.1 Å². The Balaban J connectivity index is 1.87. The Morgan fingerprint density at radius 1 is 1.36 bits per heavy atom. The molecule has 2 aromatic rings. The Morgan fingerprint density at radius 2 is 2.14 bits per heavy atom. The van der Waals surface area contributed by atoms with E-state index in [2.05, 4.69) is 9.97 Å². The van der Waals surface area contributed by atoms with Crippen LogP contribution in [0.15, 0.2) is 42.9 Å². The zero-order chi connectivity index (χ0) is 15.9. The second kappa shape index (κ2) is 7.51. The Labute approximate surface area is 129 Å². The van der Waals surface area contributed by atoms with E-state index < -0.39 is 12.0 Å². The van der Waals surface area contributed by atoms with Gasteiger partial charge in [-0.1, -0.05) is 18.2 Å². The summed E-state index contributed by atoms with van der Waals surface area (Å²) in [6.45, 7) is 2.10. The van der Waals surface area contributed by atoms with E-state index in [9.17, 15) is 9.90 Å². The Morgan fingerprint density at radius 3 is 2.82 bits per heavy atom. The van der Waals surface area contributed by atoms with Gasteiger partial charge in [0.15, 0.2) is 6.10 Å². The predicted molar refractivity (Wildman–Crippen MR) is 81.2 cm³/mol. The number of rotatable bonds is 6. The zero-order valence-corrected chi connectivity index (χ0v) is 12.6. The van der Waals surface area contributed by atoms with Crippen molar-refractivity contribution in [1.82, 2.24) is 14.9 Å². The molecule has 0 aliphatic heterocycles. The molecule has 1 aromatic carbocycles. The van der Waals surface area contributed by atoms with Crippen molar-refractivity contribution < 1.29 is 14.6 Å². The fraction of sp³-hybridized carbons (Fsp3) is 0.312. The highest BCUT2D eigenvalue weighted by molar-refractivity contribution is 5.80. The maximum Gasteiger partial charge on any atom is 0.255 e. The van der Waals surface area contributed by atoms with Crippen molar-refractivity contribution in [3.8, 4) is 5.75 Å². The molecule has 0 aliphatic rings. The average molecular weight is 301 g/mol. The van der Waals surface area contributed by atoms with Gasteiger partial charge in [0.05, 0.1) is 18.4 Å². The van der Waals surface area contributed by atoms with Crippen molar-refractivity contribution in [1.29, 1.82) is 0 Å². The van der Waals surface area contributed by atoms with Crippen LogP contribution in [0.1, 0.15) is 11.3 Å². The number of likely N-dealkylation sites (N-methyl/N-ethyl adjacent to an activating group) is 1. The van der Waals surface area contributed by atoms with Crippen LogP contribution in [0.2, 0.25) is 0 Å². The third kappa shape index (κ3) is 4.26. The maximum absolute atomic E-state index is 12.1. The van der Waals surface area contributed by atoms with Crippen LogP contribution in [-0.2, 0) is 11.3 Å². The standard InChI is InChI=1S/C16H19N3O3/c1-12-5-3-4-6-15(12)22-11-14(20)16(21)19(2)10-13-9-17-7-8-18-13/h3-9,14,20H,10-11H2,1-2H3/t14-/m1/s1. The average Bonchev–Trinajstić information content (AvgIpc) is 2.54. The van der Waals surface area contributed by atoms with Gasteiger partial charge >= 0.3 is 0 Å². The maximum atomic E-state index is 12.1. The number of aryl methyl sites for hydroxylation is 1. The molecular formula is C16H19N3O3. The molecular weight excluding hydrogens is 282 g/mol. The number of amides is 1. The first kappa shape index (κ1) is 15.9. The number of aliphatic hydroxyl groups is 1. The Hall–Kier alpha value is -2.47.